The lowest BCUT2D eigenvalue weighted by Gasteiger charge is -2.22. The Morgan fingerprint density at radius 3 is 2.38 bits per heavy atom. The van der Waals surface area contributed by atoms with Gasteiger partial charge in [-0.15, -0.1) is 0 Å². The summed E-state index contributed by atoms with van der Waals surface area (Å²) >= 11 is 0. The van der Waals surface area contributed by atoms with Crippen LogP contribution in [0.4, 0.5) is 10.5 Å². The third-order valence-corrected chi connectivity index (χ3v) is 4.19. The summed E-state index contributed by atoms with van der Waals surface area (Å²) in [6, 6.07) is 4.79. The van der Waals surface area contributed by atoms with Gasteiger partial charge >= 0.3 is 12.0 Å². The minimum Gasteiger partial charge on any atom is -0.497 e. The van der Waals surface area contributed by atoms with Crippen LogP contribution in [0.1, 0.15) is 42.6 Å². The number of benzene rings is 1. The van der Waals surface area contributed by atoms with E-state index >= 15 is 0 Å². The summed E-state index contributed by atoms with van der Waals surface area (Å²) in [4.78, 5) is 30.1. The molecule has 0 aliphatic heterocycles. The van der Waals surface area contributed by atoms with Crippen LogP contribution in [0, 0.1) is 0 Å². The third-order valence-electron chi connectivity index (χ3n) is 4.19. The van der Waals surface area contributed by atoms with Crippen LogP contribution >= 0.6 is 0 Å². The van der Waals surface area contributed by atoms with E-state index in [9.17, 15) is 9.59 Å². The average molecular weight is 405 g/mol. The number of anilines is 1. The molecule has 1 N–H and O–H groups in total. The average Bonchev–Trinajstić information content (AvgIpc) is 3.20. The van der Waals surface area contributed by atoms with E-state index in [-0.39, 0.29) is 24.2 Å². The molecule has 0 spiro atoms. The Labute approximate surface area is 169 Å². The largest absolute Gasteiger partial charge is 0.497 e. The number of nitrogens with zero attached hydrogens (tertiary/aromatic N) is 2. The smallest absolute Gasteiger partial charge is 0.360 e. The number of nitrogens with one attached hydrogen (secondary N) is 1. The highest BCUT2D eigenvalue weighted by molar-refractivity contribution is 5.90. The van der Waals surface area contributed by atoms with Crippen molar-refractivity contribution in [3.63, 3.8) is 0 Å². The first-order chi connectivity index (χ1) is 14.0. The molecule has 1 aromatic carbocycles. The fraction of sp³-hybridized carbons (Fsp3) is 0.450. The second-order valence-electron chi connectivity index (χ2n) is 6.28. The van der Waals surface area contributed by atoms with Crippen LogP contribution in [-0.2, 0) is 11.3 Å². The van der Waals surface area contributed by atoms with Crippen molar-refractivity contribution < 1.29 is 28.2 Å². The molecule has 2 aromatic rings. The highest BCUT2D eigenvalue weighted by Gasteiger charge is 2.19. The number of rotatable bonds is 10. The van der Waals surface area contributed by atoms with Crippen LogP contribution < -0.4 is 14.8 Å². The van der Waals surface area contributed by atoms with Gasteiger partial charge in [-0.05, 0) is 6.42 Å². The predicted molar refractivity (Wildman–Crippen MR) is 106 cm³/mol. The Morgan fingerprint density at radius 1 is 1.10 bits per heavy atom. The Kier molecular flexibility index (Phi) is 8.32. The first kappa shape index (κ1) is 22.1. The number of carbonyl (C=O) groups excluding carboxylic acids is 2. The monoisotopic (exact) mass is 405 g/mol. The van der Waals surface area contributed by atoms with Gasteiger partial charge in [-0.1, -0.05) is 19.8 Å². The van der Waals surface area contributed by atoms with E-state index < -0.39 is 5.97 Å². The van der Waals surface area contributed by atoms with Crippen molar-refractivity contribution in [3.8, 4) is 11.5 Å². The van der Waals surface area contributed by atoms with Gasteiger partial charge in [0.2, 0.25) is 5.89 Å². The maximum absolute atomic E-state index is 12.9. The number of urea groups is 1. The molecular formula is C20H27N3O6. The highest BCUT2D eigenvalue weighted by Crippen LogP contribution is 2.26. The molecule has 29 heavy (non-hydrogen) atoms. The van der Waals surface area contributed by atoms with E-state index in [1.165, 1.54) is 13.4 Å². The highest BCUT2D eigenvalue weighted by atomic mass is 16.5. The molecule has 0 aliphatic rings. The van der Waals surface area contributed by atoms with Gasteiger partial charge in [0, 0.05) is 30.4 Å². The summed E-state index contributed by atoms with van der Waals surface area (Å²) in [6.07, 6.45) is 4.05. The number of amides is 2. The Morgan fingerprint density at radius 2 is 1.79 bits per heavy atom. The number of ether oxygens (including phenoxy) is 3. The topological polar surface area (TPSA) is 103 Å². The van der Waals surface area contributed by atoms with Crippen molar-refractivity contribution in [2.75, 3.05) is 33.2 Å². The lowest BCUT2D eigenvalue weighted by molar-refractivity contribution is 0.0594. The second kappa shape index (κ2) is 10.9. The second-order valence-corrected chi connectivity index (χ2v) is 6.28. The Hall–Kier alpha value is -3.23. The number of esters is 1. The van der Waals surface area contributed by atoms with Gasteiger partial charge in [0.15, 0.2) is 5.69 Å². The third kappa shape index (κ3) is 6.41. The summed E-state index contributed by atoms with van der Waals surface area (Å²) in [5, 5.41) is 2.85. The zero-order valence-electron chi connectivity index (χ0n) is 17.2. The number of aromatic nitrogens is 1. The number of hydrogen-bond acceptors (Lipinski definition) is 7. The molecule has 0 bridgehead atoms. The number of oxazole rings is 1. The maximum Gasteiger partial charge on any atom is 0.360 e. The molecule has 2 rings (SSSR count). The van der Waals surface area contributed by atoms with E-state index in [1.807, 2.05) is 0 Å². The van der Waals surface area contributed by atoms with Crippen LogP contribution in [0.15, 0.2) is 28.9 Å². The summed E-state index contributed by atoms with van der Waals surface area (Å²) in [7, 11) is 4.35. The van der Waals surface area contributed by atoms with Gasteiger partial charge in [0.1, 0.15) is 17.8 Å². The molecular weight excluding hydrogens is 378 g/mol. The molecule has 1 aromatic heterocycles. The fourth-order valence-corrected chi connectivity index (χ4v) is 2.63. The number of methoxy groups -OCH3 is 3. The van der Waals surface area contributed by atoms with Gasteiger partial charge in [0.25, 0.3) is 0 Å². The number of carbonyl (C=O) groups is 2. The van der Waals surface area contributed by atoms with E-state index in [4.69, 9.17) is 13.9 Å². The van der Waals surface area contributed by atoms with E-state index in [1.54, 1.807) is 37.3 Å². The number of unbranched alkanes of at least 4 members (excludes halogenated alkanes) is 2. The summed E-state index contributed by atoms with van der Waals surface area (Å²) in [5.74, 6) is 0.783. The number of hydrogen-bond donors (Lipinski definition) is 1. The van der Waals surface area contributed by atoms with Gasteiger partial charge in [-0.2, -0.15) is 0 Å². The molecule has 9 nitrogen and oxygen atoms in total. The van der Waals surface area contributed by atoms with E-state index in [2.05, 4.69) is 22.0 Å². The van der Waals surface area contributed by atoms with Crippen molar-refractivity contribution in [3.05, 3.63) is 36.0 Å². The van der Waals surface area contributed by atoms with Crippen molar-refractivity contribution in [2.24, 2.45) is 0 Å². The minimum atomic E-state index is -0.592. The van der Waals surface area contributed by atoms with Gasteiger partial charge in [0.05, 0.1) is 27.9 Å². The van der Waals surface area contributed by atoms with Crippen LogP contribution in [0.25, 0.3) is 0 Å². The quantitative estimate of drug-likeness (QED) is 0.475. The van der Waals surface area contributed by atoms with Crippen molar-refractivity contribution in [1.29, 1.82) is 0 Å². The SMILES string of the molecule is CCCCCN(Cc1nc(C(=O)OC)co1)C(=O)Nc1cc(OC)cc(OC)c1. The molecule has 2 amide bonds. The normalized spacial score (nSPS) is 10.3. The molecule has 0 saturated carbocycles. The molecule has 0 fully saturated rings. The van der Waals surface area contributed by atoms with Crippen molar-refractivity contribution >= 4 is 17.7 Å². The first-order valence-electron chi connectivity index (χ1n) is 9.32. The zero-order valence-corrected chi connectivity index (χ0v) is 17.2. The van der Waals surface area contributed by atoms with Crippen molar-refractivity contribution in [1.82, 2.24) is 9.88 Å². The maximum atomic E-state index is 12.9. The molecule has 158 valence electrons. The zero-order chi connectivity index (χ0) is 21.2. The summed E-state index contributed by atoms with van der Waals surface area (Å²) in [5.41, 5.74) is 0.600. The standard InChI is InChI=1S/C20H27N3O6/c1-5-6-7-8-23(12-18-22-17(13-29-18)19(24)28-4)20(25)21-14-9-15(26-2)11-16(10-14)27-3/h9-11,13H,5-8,12H2,1-4H3,(H,21,25). The van der Waals surface area contributed by atoms with Gasteiger partial charge in [-0.3, -0.25) is 0 Å². The molecule has 0 saturated heterocycles. The predicted octanol–water partition coefficient (Wildman–Crippen LogP) is 3.70. The molecule has 0 aliphatic carbocycles. The minimum absolute atomic E-state index is 0.0638. The molecule has 9 heteroatoms. The first-order valence-corrected chi connectivity index (χ1v) is 9.32. The Balaban J connectivity index is 2.14. The van der Waals surface area contributed by atoms with Crippen LogP contribution in [-0.4, -0.2) is 49.8 Å². The van der Waals surface area contributed by atoms with Crippen LogP contribution in [0.2, 0.25) is 0 Å². The van der Waals surface area contributed by atoms with Crippen molar-refractivity contribution in [2.45, 2.75) is 32.7 Å². The fourth-order valence-electron chi connectivity index (χ4n) is 2.63. The summed E-state index contributed by atoms with van der Waals surface area (Å²) in [6.45, 7) is 2.72. The molecule has 1 heterocycles. The Bertz CT molecular complexity index is 798. The van der Waals surface area contributed by atoms with E-state index in [0.29, 0.717) is 23.7 Å². The molecule has 0 atom stereocenters. The van der Waals surface area contributed by atoms with Crippen LogP contribution in [0.5, 0.6) is 11.5 Å². The van der Waals surface area contributed by atoms with Gasteiger partial charge < -0.3 is 28.8 Å². The van der Waals surface area contributed by atoms with E-state index in [0.717, 1.165) is 19.3 Å². The lowest BCUT2D eigenvalue weighted by atomic mass is 10.2. The molecule has 0 radical (unpaired) electrons. The summed E-state index contributed by atoms with van der Waals surface area (Å²) < 4.78 is 20.4. The molecule has 0 unspecified atom stereocenters. The van der Waals surface area contributed by atoms with Crippen LogP contribution in [0.3, 0.4) is 0 Å². The van der Waals surface area contributed by atoms with Gasteiger partial charge in [-0.25, -0.2) is 14.6 Å². The lowest BCUT2D eigenvalue weighted by Crippen LogP contribution is -2.35.